The molecule has 0 bridgehead atoms. The van der Waals surface area contributed by atoms with Gasteiger partial charge in [-0.2, -0.15) is 0 Å². The fourth-order valence-electron chi connectivity index (χ4n) is 1.99. The van der Waals surface area contributed by atoms with Crippen LogP contribution < -0.4 is 11.3 Å². The SMILES string of the molecule is CSc1ccc(C(CCC2CC2)NN)cc1. The summed E-state index contributed by atoms with van der Waals surface area (Å²) in [4.78, 5) is 1.31. The fourth-order valence-corrected chi connectivity index (χ4v) is 2.40. The molecule has 0 heterocycles. The van der Waals surface area contributed by atoms with E-state index in [2.05, 4.69) is 35.9 Å². The molecule has 1 aliphatic carbocycles. The number of hydrazine groups is 1. The van der Waals surface area contributed by atoms with Crippen molar-refractivity contribution in [2.45, 2.75) is 36.6 Å². The topological polar surface area (TPSA) is 38.0 Å². The number of thioether (sulfide) groups is 1. The highest BCUT2D eigenvalue weighted by molar-refractivity contribution is 7.98. The lowest BCUT2D eigenvalue weighted by atomic mass is 10.0. The second-order valence-corrected chi connectivity index (χ2v) is 5.39. The summed E-state index contributed by atoms with van der Waals surface area (Å²) >= 11 is 1.77. The summed E-state index contributed by atoms with van der Waals surface area (Å²) in [6.45, 7) is 0. The summed E-state index contributed by atoms with van der Waals surface area (Å²) in [6.07, 6.45) is 7.39. The maximum Gasteiger partial charge on any atom is 0.0460 e. The molecule has 1 atom stereocenters. The Morgan fingerprint density at radius 3 is 2.56 bits per heavy atom. The molecule has 1 aliphatic rings. The van der Waals surface area contributed by atoms with Gasteiger partial charge in [-0.3, -0.25) is 11.3 Å². The van der Waals surface area contributed by atoms with E-state index in [1.54, 1.807) is 11.8 Å². The van der Waals surface area contributed by atoms with Crippen LogP contribution in [0.1, 0.15) is 37.3 Å². The summed E-state index contributed by atoms with van der Waals surface area (Å²) in [5.41, 5.74) is 4.24. The molecule has 1 unspecified atom stereocenters. The lowest BCUT2D eigenvalue weighted by Gasteiger charge is -2.16. The number of rotatable bonds is 6. The summed E-state index contributed by atoms with van der Waals surface area (Å²) < 4.78 is 0. The first-order valence-electron chi connectivity index (χ1n) is 5.93. The first kappa shape index (κ1) is 12.0. The molecule has 3 N–H and O–H groups in total. The van der Waals surface area contributed by atoms with Gasteiger partial charge < -0.3 is 0 Å². The zero-order chi connectivity index (χ0) is 11.4. The Labute approximate surface area is 102 Å². The van der Waals surface area contributed by atoms with Gasteiger partial charge in [0.25, 0.3) is 0 Å². The Morgan fingerprint density at radius 2 is 2.06 bits per heavy atom. The van der Waals surface area contributed by atoms with E-state index in [0.29, 0.717) is 6.04 Å². The van der Waals surface area contributed by atoms with E-state index < -0.39 is 0 Å². The van der Waals surface area contributed by atoms with Gasteiger partial charge in [0.1, 0.15) is 0 Å². The molecule has 0 aromatic heterocycles. The average molecular weight is 236 g/mol. The molecule has 1 aromatic carbocycles. The van der Waals surface area contributed by atoms with E-state index >= 15 is 0 Å². The monoisotopic (exact) mass is 236 g/mol. The van der Waals surface area contributed by atoms with Gasteiger partial charge in [-0.25, -0.2) is 0 Å². The molecule has 16 heavy (non-hydrogen) atoms. The fraction of sp³-hybridized carbons (Fsp3) is 0.538. The third-order valence-corrected chi connectivity index (χ3v) is 4.02. The molecule has 1 aromatic rings. The molecular formula is C13H20N2S. The van der Waals surface area contributed by atoms with Gasteiger partial charge >= 0.3 is 0 Å². The Kier molecular flexibility index (Phi) is 4.27. The van der Waals surface area contributed by atoms with Crippen LogP contribution in [0.5, 0.6) is 0 Å². The van der Waals surface area contributed by atoms with Crippen molar-refractivity contribution in [3.8, 4) is 0 Å². The van der Waals surface area contributed by atoms with Crippen molar-refractivity contribution in [1.29, 1.82) is 0 Å². The normalized spacial score (nSPS) is 17.4. The largest absolute Gasteiger partial charge is 0.271 e. The van der Waals surface area contributed by atoms with E-state index in [1.165, 1.54) is 29.7 Å². The number of nitrogens with two attached hydrogens (primary N) is 1. The maximum atomic E-state index is 5.63. The van der Waals surface area contributed by atoms with Gasteiger partial charge in [-0.05, 0) is 42.7 Å². The minimum atomic E-state index is 0.316. The number of hydrogen-bond donors (Lipinski definition) is 2. The highest BCUT2D eigenvalue weighted by Gasteiger charge is 2.22. The van der Waals surface area contributed by atoms with Crippen LogP contribution in [0.2, 0.25) is 0 Å². The summed E-state index contributed by atoms with van der Waals surface area (Å²) in [5, 5.41) is 0. The van der Waals surface area contributed by atoms with Crippen LogP contribution in [0.4, 0.5) is 0 Å². The molecule has 2 rings (SSSR count). The molecule has 3 heteroatoms. The van der Waals surface area contributed by atoms with Crippen molar-refractivity contribution in [2.75, 3.05) is 6.26 Å². The molecule has 2 nitrogen and oxygen atoms in total. The smallest absolute Gasteiger partial charge is 0.0460 e. The zero-order valence-electron chi connectivity index (χ0n) is 9.78. The zero-order valence-corrected chi connectivity index (χ0v) is 10.6. The average Bonchev–Trinajstić information content (AvgIpc) is 3.15. The minimum Gasteiger partial charge on any atom is -0.271 e. The van der Waals surface area contributed by atoms with Crippen molar-refractivity contribution >= 4 is 11.8 Å². The van der Waals surface area contributed by atoms with E-state index in [9.17, 15) is 0 Å². The number of nitrogens with one attached hydrogen (secondary N) is 1. The van der Waals surface area contributed by atoms with Gasteiger partial charge in [0.2, 0.25) is 0 Å². The lowest BCUT2D eigenvalue weighted by molar-refractivity contribution is 0.482. The molecule has 0 saturated heterocycles. The summed E-state index contributed by atoms with van der Waals surface area (Å²) in [5.74, 6) is 6.60. The van der Waals surface area contributed by atoms with Crippen molar-refractivity contribution in [2.24, 2.45) is 11.8 Å². The van der Waals surface area contributed by atoms with Gasteiger partial charge in [0.15, 0.2) is 0 Å². The van der Waals surface area contributed by atoms with Gasteiger partial charge in [-0.1, -0.05) is 25.0 Å². The molecule has 0 amide bonds. The number of hydrogen-bond acceptors (Lipinski definition) is 3. The molecule has 0 aliphatic heterocycles. The van der Waals surface area contributed by atoms with Gasteiger partial charge in [0.05, 0.1) is 0 Å². The predicted octanol–water partition coefficient (Wildman–Crippen LogP) is 3.10. The highest BCUT2D eigenvalue weighted by Crippen LogP contribution is 2.35. The summed E-state index contributed by atoms with van der Waals surface area (Å²) in [7, 11) is 0. The van der Waals surface area contributed by atoms with Crippen LogP contribution in [0.15, 0.2) is 29.2 Å². The molecule has 88 valence electrons. The molecule has 1 saturated carbocycles. The van der Waals surface area contributed by atoms with E-state index in [0.717, 1.165) is 12.3 Å². The second-order valence-electron chi connectivity index (χ2n) is 4.51. The van der Waals surface area contributed by atoms with Crippen LogP contribution >= 0.6 is 11.8 Å². The molecule has 1 fully saturated rings. The Bertz CT molecular complexity index is 319. The van der Waals surface area contributed by atoms with Crippen LogP contribution in [0.3, 0.4) is 0 Å². The molecule has 0 spiro atoms. The van der Waals surface area contributed by atoms with Crippen molar-refractivity contribution in [1.82, 2.24) is 5.43 Å². The molecule has 0 radical (unpaired) electrons. The predicted molar refractivity (Wildman–Crippen MR) is 70.2 cm³/mol. The summed E-state index contributed by atoms with van der Waals surface area (Å²) in [6, 6.07) is 9.02. The third kappa shape index (κ3) is 3.24. The molecular weight excluding hydrogens is 216 g/mol. The van der Waals surface area contributed by atoms with E-state index in [-0.39, 0.29) is 0 Å². The Morgan fingerprint density at radius 1 is 1.38 bits per heavy atom. The van der Waals surface area contributed by atoms with Gasteiger partial charge in [-0.15, -0.1) is 11.8 Å². The Balaban J connectivity index is 1.94. The van der Waals surface area contributed by atoms with Gasteiger partial charge in [0, 0.05) is 10.9 Å². The van der Waals surface area contributed by atoms with Crippen LogP contribution in [-0.4, -0.2) is 6.26 Å². The van der Waals surface area contributed by atoms with Crippen molar-refractivity contribution in [3.63, 3.8) is 0 Å². The van der Waals surface area contributed by atoms with Crippen LogP contribution in [-0.2, 0) is 0 Å². The van der Waals surface area contributed by atoms with E-state index in [4.69, 9.17) is 5.84 Å². The quantitative estimate of drug-likeness (QED) is 0.453. The number of benzene rings is 1. The maximum absolute atomic E-state index is 5.63. The minimum absolute atomic E-state index is 0.316. The standard InChI is InChI=1S/C13H20N2S/c1-16-12-7-5-11(6-8-12)13(15-14)9-4-10-2-3-10/h5-8,10,13,15H,2-4,9,14H2,1H3. The highest BCUT2D eigenvalue weighted by atomic mass is 32.2. The van der Waals surface area contributed by atoms with Crippen molar-refractivity contribution < 1.29 is 0 Å². The van der Waals surface area contributed by atoms with Crippen LogP contribution in [0, 0.1) is 5.92 Å². The Hall–Kier alpha value is -0.510. The second kappa shape index (κ2) is 5.71. The van der Waals surface area contributed by atoms with E-state index in [1.807, 2.05) is 0 Å². The van der Waals surface area contributed by atoms with Crippen molar-refractivity contribution in [3.05, 3.63) is 29.8 Å². The first-order valence-corrected chi connectivity index (χ1v) is 7.16. The first-order chi connectivity index (χ1) is 7.83. The third-order valence-electron chi connectivity index (χ3n) is 3.28. The van der Waals surface area contributed by atoms with Crippen LogP contribution in [0.25, 0.3) is 0 Å². The lowest BCUT2D eigenvalue weighted by Crippen LogP contribution is -2.28.